The van der Waals surface area contributed by atoms with Crippen molar-refractivity contribution in [3.05, 3.63) is 66.4 Å². The maximum Gasteiger partial charge on any atom is 0.251 e. The van der Waals surface area contributed by atoms with Gasteiger partial charge in [-0.25, -0.2) is 0 Å². The molecule has 0 bridgehead atoms. The van der Waals surface area contributed by atoms with Gasteiger partial charge in [-0.2, -0.15) is 0 Å². The number of nitrogens with one attached hydrogen (secondary N) is 1. The predicted molar refractivity (Wildman–Crippen MR) is 112 cm³/mol. The van der Waals surface area contributed by atoms with Crippen LogP contribution in [-0.2, 0) is 11.3 Å². The van der Waals surface area contributed by atoms with Crippen molar-refractivity contribution in [3.8, 4) is 0 Å². The van der Waals surface area contributed by atoms with Gasteiger partial charge in [-0.1, -0.05) is 18.2 Å². The molecule has 1 aromatic heterocycles. The Hall–Kier alpha value is -3.08. The Labute approximate surface area is 165 Å². The van der Waals surface area contributed by atoms with Gasteiger partial charge in [-0.3, -0.25) is 9.59 Å². The molecule has 0 unspecified atom stereocenters. The van der Waals surface area contributed by atoms with Crippen LogP contribution in [0.3, 0.4) is 0 Å². The van der Waals surface area contributed by atoms with E-state index in [0.717, 1.165) is 38.0 Å². The van der Waals surface area contributed by atoms with Gasteiger partial charge in [0, 0.05) is 49.0 Å². The van der Waals surface area contributed by atoms with Gasteiger partial charge in [0.05, 0.1) is 0 Å². The quantitative estimate of drug-likeness (QED) is 0.663. The average Bonchev–Trinajstić information content (AvgIpc) is 3.15. The van der Waals surface area contributed by atoms with E-state index in [4.69, 9.17) is 0 Å². The van der Waals surface area contributed by atoms with Crippen molar-refractivity contribution in [2.75, 3.05) is 18.0 Å². The minimum absolute atomic E-state index is 0.0751. The number of benzene rings is 2. The molecule has 4 rings (SSSR count). The van der Waals surface area contributed by atoms with Crippen molar-refractivity contribution in [3.63, 3.8) is 0 Å². The highest BCUT2D eigenvalue weighted by Gasteiger charge is 2.19. The van der Waals surface area contributed by atoms with Crippen molar-refractivity contribution in [2.45, 2.75) is 32.2 Å². The second-order valence-corrected chi connectivity index (χ2v) is 7.23. The summed E-state index contributed by atoms with van der Waals surface area (Å²) in [5.74, 6) is 0.0925. The molecule has 1 saturated heterocycles. The standard InChI is InChI=1S/C23H25N3O2/c27-22-8-3-4-16-26(22)20-11-9-19(10-12-20)23(28)24-14-5-15-25-17-13-18-6-1-2-7-21(18)25/h1-2,6-7,9-13,17H,3-5,8,14-16H2,(H,24,28). The smallest absolute Gasteiger partial charge is 0.251 e. The molecule has 0 atom stereocenters. The van der Waals surface area contributed by atoms with Gasteiger partial charge in [0.1, 0.15) is 0 Å². The van der Waals surface area contributed by atoms with Crippen LogP contribution in [0.25, 0.3) is 10.9 Å². The van der Waals surface area contributed by atoms with Crippen molar-refractivity contribution in [1.29, 1.82) is 0 Å². The van der Waals surface area contributed by atoms with Crippen LogP contribution >= 0.6 is 0 Å². The van der Waals surface area contributed by atoms with E-state index in [1.165, 1.54) is 10.9 Å². The van der Waals surface area contributed by atoms with Crippen LogP contribution in [-0.4, -0.2) is 29.5 Å². The number of para-hydroxylation sites is 1. The largest absolute Gasteiger partial charge is 0.352 e. The number of piperidine rings is 1. The van der Waals surface area contributed by atoms with Crippen molar-refractivity contribution in [2.24, 2.45) is 0 Å². The fraction of sp³-hybridized carbons (Fsp3) is 0.304. The van der Waals surface area contributed by atoms with E-state index < -0.39 is 0 Å². The molecule has 144 valence electrons. The van der Waals surface area contributed by atoms with Gasteiger partial charge in [0.2, 0.25) is 5.91 Å². The molecule has 1 N–H and O–H groups in total. The molecule has 0 radical (unpaired) electrons. The van der Waals surface area contributed by atoms with Crippen LogP contribution < -0.4 is 10.2 Å². The van der Waals surface area contributed by atoms with E-state index in [-0.39, 0.29) is 11.8 Å². The Bertz CT molecular complexity index is 975. The molecule has 1 fully saturated rings. The first-order chi connectivity index (χ1) is 13.7. The summed E-state index contributed by atoms with van der Waals surface area (Å²) in [7, 11) is 0. The zero-order chi connectivity index (χ0) is 19.3. The van der Waals surface area contributed by atoms with Gasteiger partial charge in [0.15, 0.2) is 0 Å². The summed E-state index contributed by atoms with van der Waals surface area (Å²) < 4.78 is 2.21. The number of nitrogens with zero attached hydrogens (tertiary/aromatic N) is 2. The fourth-order valence-electron chi connectivity index (χ4n) is 3.76. The third-order valence-corrected chi connectivity index (χ3v) is 5.31. The molecule has 5 heteroatoms. The van der Waals surface area contributed by atoms with Crippen LogP contribution in [0.1, 0.15) is 36.0 Å². The highest BCUT2D eigenvalue weighted by atomic mass is 16.2. The molecule has 0 spiro atoms. The number of aromatic nitrogens is 1. The molecule has 2 heterocycles. The Kier molecular flexibility index (Phi) is 5.42. The number of amides is 2. The topological polar surface area (TPSA) is 54.3 Å². The van der Waals surface area contributed by atoms with Gasteiger partial charge < -0.3 is 14.8 Å². The first-order valence-corrected chi connectivity index (χ1v) is 9.95. The third-order valence-electron chi connectivity index (χ3n) is 5.31. The maximum atomic E-state index is 12.4. The minimum atomic E-state index is -0.0751. The molecule has 0 aliphatic carbocycles. The molecule has 0 saturated carbocycles. The van der Waals surface area contributed by atoms with Crippen LogP contribution in [0.4, 0.5) is 5.69 Å². The summed E-state index contributed by atoms with van der Waals surface area (Å²) in [6, 6.07) is 17.7. The second-order valence-electron chi connectivity index (χ2n) is 7.23. The van der Waals surface area contributed by atoms with Crippen LogP contribution in [0.15, 0.2) is 60.8 Å². The molecule has 1 aliphatic rings. The molecular formula is C23H25N3O2. The van der Waals surface area contributed by atoms with E-state index in [1.807, 2.05) is 29.2 Å². The van der Waals surface area contributed by atoms with Crippen LogP contribution in [0, 0.1) is 0 Å². The summed E-state index contributed by atoms with van der Waals surface area (Å²) in [5.41, 5.74) is 2.72. The second kappa shape index (κ2) is 8.30. The number of carbonyl (C=O) groups is 2. The number of rotatable bonds is 6. The lowest BCUT2D eigenvalue weighted by molar-refractivity contribution is -0.119. The zero-order valence-corrected chi connectivity index (χ0v) is 15.9. The van der Waals surface area contributed by atoms with Gasteiger partial charge in [0.25, 0.3) is 5.91 Å². The Balaban J connectivity index is 1.28. The highest BCUT2D eigenvalue weighted by Crippen LogP contribution is 2.21. The van der Waals surface area contributed by atoms with E-state index in [9.17, 15) is 9.59 Å². The van der Waals surface area contributed by atoms with Crippen LogP contribution in [0.5, 0.6) is 0 Å². The van der Waals surface area contributed by atoms with Crippen molar-refractivity contribution in [1.82, 2.24) is 9.88 Å². The lowest BCUT2D eigenvalue weighted by Crippen LogP contribution is -2.35. The zero-order valence-electron chi connectivity index (χ0n) is 15.9. The van der Waals surface area contributed by atoms with E-state index in [1.54, 1.807) is 12.1 Å². The third kappa shape index (κ3) is 3.93. The lowest BCUT2D eigenvalue weighted by atomic mass is 10.1. The number of hydrogen-bond acceptors (Lipinski definition) is 2. The Morgan fingerprint density at radius 3 is 2.64 bits per heavy atom. The number of aryl methyl sites for hydroxylation is 1. The van der Waals surface area contributed by atoms with Gasteiger partial charge in [-0.15, -0.1) is 0 Å². The SMILES string of the molecule is O=C(NCCCn1ccc2ccccc21)c1ccc(N2CCCCC2=O)cc1. The summed E-state index contributed by atoms with van der Waals surface area (Å²) >= 11 is 0. The molecule has 5 nitrogen and oxygen atoms in total. The van der Waals surface area contributed by atoms with Gasteiger partial charge in [-0.05, 0) is 61.0 Å². The van der Waals surface area contributed by atoms with Crippen molar-refractivity contribution < 1.29 is 9.59 Å². The molecule has 3 aromatic rings. The van der Waals surface area contributed by atoms with Crippen molar-refractivity contribution >= 4 is 28.4 Å². The summed E-state index contributed by atoms with van der Waals surface area (Å²) in [6.45, 7) is 2.25. The van der Waals surface area contributed by atoms with Crippen LogP contribution in [0.2, 0.25) is 0 Å². The molecule has 2 aromatic carbocycles. The maximum absolute atomic E-state index is 12.4. The number of fused-ring (bicyclic) bond motifs is 1. The number of hydrogen-bond donors (Lipinski definition) is 1. The van der Waals surface area contributed by atoms with E-state index in [2.05, 4.69) is 34.3 Å². The average molecular weight is 375 g/mol. The molecule has 1 aliphatic heterocycles. The lowest BCUT2D eigenvalue weighted by Gasteiger charge is -2.26. The minimum Gasteiger partial charge on any atom is -0.352 e. The summed E-state index contributed by atoms with van der Waals surface area (Å²) in [6.07, 6.45) is 5.57. The highest BCUT2D eigenvalue weighted by molar-refractivity contribution is 5.96. The first kappa shape index (κ1) is 18.3. The number of carbonyl (C=O) groups excluding carboxylic acids is 2. The molecule has 2 amide bonds. The molecular weight excluding hydrogens is 350 g/mol. The summed E-state index contributed by atoms with van der Waals surface area (Å²) in [5, 5.41) is 4.22. The fourth-order valence-corrected chi connectivity index (χ4v) is 3.76. The van der Waals surface area contributed by atoms with E-state index in [0.29, 0.717) is 18.5 Å². The predicted octanol–water partition coefficient (Wildman–Crippen LogP) is 3.98. The molecule has 28 heavy (non-hydrogen) atoms. The Morgan fingerprint density at radius 2 is 1.82 bits per heavy atom. The van der Waals surface area contributed by atoms with E-state index >= 15 is 0 Å². The van der Waals surface area contributed by atoms with Gasteiger partial charge >= 0.3 is 0 Å². The summed E-state index contributed by atoms with van der Waals surface area (Å²) in [4.78, 5) is 26.2. The number of anilines is 1. The first-order valence-electron chi connectivity index (χ1n) is 9.95. The Morgan fingerprint density at radius 1 is 1.00 bits per heavy atom. The monoisotopic (exact) mass is 375 g/mol. The normalized spacial score (nSPS) is 14.4.